The normalized spacial score (nSPS) is 15.9. The first-order valence-corrected chi connectivity index (χ1v) is 9.20. The third kappa shape index (κ3) is 4.06. The summed E-state index contributed by atoms with van der Waals surface area (Å²) in [7, 11) is 0. The number of halogens is 2. The SMILES string of the molecule is CCOc1ccc(/C=C2\C(=O)NC(=S)N(c3cccc(F)c3)C2=O)cc1Br. The van der Waals surface area contributed by atoms with Crippen molar-refractivity contribution in [2.24, 2.45) is 0 Å². The van der Waals surface area contributed by atoms with Gasteiger partial charge in [-0.05, 0) is 77.0 Å². The largest absolute Gasteiger partial charge is 0.493 e. The van der Waals surface area contributed by atoms with Gasteiger partial charge in [-0.25, -0.2) is 4.39 Å². The van der Waals surface area contributed by atoms with Gasteiger partial charge in [0, 0.05) is 0 Å². The van der Waals surface area contributed by atoms with Crippen molar-refractivity contribution in [1.29, 1.82) is 0 Å². The standard InChI is InChI=1S/C19H14BrFN2O3S/c1-2-26-16-7-6-11(9-15(16)20)8-14-17(24)22-19(27)23(18(14)25)13-5-3-4-12(21)10-13/h3-10H,2H2,1H3,(H,22,24,27)/b14-8+. The number of hydrogen-bond acceptors (Lipinski definition) is 4. The van der Waals surface area contributed by atoms with Crippen molar-refractivity contribution < 1.29 is 18.7 Å². The number of thiocarbonyl (C=S) groups is 1. The fourth-order valence-corrected chi connectivity index (χ4v) is 3.35. The molecule has 0 radical (unpaired) electrons. The van der Waals surface area contributed by atoms with Crippen LogP contribution in [0.1, 0.15) is 12.5 Å². The molecule has 2 amide bonds. The summed E-state index contributed by atoms with van der Waals surface area (Å²) in [4.78, 5) is 26.3. The zero-order chi connectivity index (χ0) is 19.6. The van der Waals surface area contributed by atoms with E-state index in [1.165, 1.54) is 30.3 Å². The molecule has 0 atom stereocenters. The first-order chi connectivity index (χ1) is 12.9. The molecule has 0 aliphatic carbocycles. The monoisotopic (exact) mass is 448 g/mol. The second-order valence-corrected chi connectivity index (χ2v) is 6.80. The van der Waals surface area contributed by atoms with E-state index in [4.69, 9.17) is 17.0 Å². The Balaban J connectivity index is 1.98. The molecule has 1 aliphatic rings. The zero-order valence-corrected chi connectivity index (χ0v) is 16.6. The summed E-state index contributed by atoms with van der Waals surface area (Å²) in [5, 5.41) is 2.37. The molecule has 0 aromatic heterocycles. The number of hydrogen-bond donors (Lipinski definition) is 1. The fourth-order valence-electron chi connectivity index (χ4n) is 2.55. The first kappa shape index (κ1) is 19.2. The van der Waals surface area contributed by atoms with E-state index in [0.717, 1.165) is 4.90 Å². The van der Waals surface area contributed by atoms with Crippen LogP contribution in [0.5, 0.6) is 5.75 Å². The molecule has 2 aromatic rings. The smallest absolute Gasteiger partial charge is 0.270 e. The van der Waals surface area contributed by atoms with E-state index in [1.54, 1.807) is 18.2 Å². The predicted molar refractivity (Wildman–Crippen MR) is 108 cm³/mol. The molecular weight excluding hydrogens is 435 g/mol. The second kappa shape index (κ2) is 7.98. The summed E-state index contributed by atoms with van der Waals surface area (Å²) >= 11 is 8.49. The van der Waals surface area contributed by atoms with Crippen molar-refractivity contribution in [1.82, 2.24) is 5.32 Å². The lowest BCUT2D eigenvalue weighted by Crippen LogP contribution is -2.54. The van der Waals surface area contributed by atoms with Gasteiger partial charge in [0.2, 0.25) is 0 Å². The number of amides is 2. The maximum atomic E-state index is 13.5. The van der Waals surface area contributed by atoms with Gasteiger partial charge in [-0.3, -0.25) is 19.8 Å². The van der Waals surface area contributed by atoms with E-state index in [-0.39, 0.29) is 16.4 Å². The lowest BCUT2D eigenvalue weighted by molar-refractivity contribution is -0.122. The molecule has 1 fully saturated rings. The van der Waals surface area contributed by atoms with Crippen molar-refractivity contribution in [3.63, 3.8) is 0 Å². The van der Waals surface area contributed by atoms with E-state index < -0.39 is 17.6 Å². The maximum absolute atomic E-state index is 13.5. The summed E-state index contributed by atoms with van der Waals surface area (Å²) in [6.45, 7) is 2.39. The van der Waals surface area contributed by atoms with E-state index in [9.17, 15) is 14.0 Å². The number of carbonyl (C=O) groups is 2. The number of carbonyl (C=O) groups excluding carboxylic acids is 2. The minimum atomic E-state index is -0.626. The molecule has 1 saturated heterocycles. The van der Waals surface area contributed by atoms with E-state index >= 15 is 0 Å². The molecule has 0 spiro atoms. The van der Waals surface area contributed by atoms with Gasteiger partial charge in [-0.1, -0.05) is 12.1 Å². The Morgan fingerprint density at radius 3 is 2.70 bits per heavy atom. The number of rotatable bonds is 4. The molecule has 138 valence electrons. The Morgan fingerprint density at radius 1 is 1.26 bits per heavy atom. The van der Waals surface area contributed by atoms with Crippen LogP contribution < -0.4 is 15.0 Å². The Kier molecular flexibility index (Phi) is 5.67. The van der Waals surface area contributed by atoms with Crippen LogP contribution in [-0.4, -0.2) is 23.5 Å². The summed E-state index contributed by atoms with van der Waals surface area (Å²) in [6.07, 6.45) is 1.45. The highest BCUT2D eigenvalue weighted by Gasteiger charge is 2.34. The van der Waals surface area contributed by atoms with Crippen LogP contribution in [0, 0.1) is 5.82 Å². The second-order valence-electron chi connectivity index (χ2n) is 5.56. The van der Waals surface area contributed by atoms with E-state index in [1.807, 2.05) is 6.92 Å². The Morgan fingerprint density at radius 2 is 2.04 bits per heavy atom. The average molecular weight is 449 g/mol. The van der Waals surface area contributed by atoms with E-state index in [2.05, 4.69) is 21.2 Å². The lowest BCUT2D eigenvalue weighted by atomic mass is 10.1. The summed E-state index contributed by atoms with van der Waals surface area (Å²) in [5.74, 6) is -1.09. The molecule has 1 heterocycles. The molecule has 8 heteroatoms. The highest BCUT2D eigenvalue weighted by atomic mass is 79.9. The predicted octanol–water partition coefficient (Wildman–Crippen LogP) is 3.82. The van der Waals surface area contributed by atoms with Crippen molar-refractivity contribution in [2.75, 3.05) is 11.5 Å². The summed E-state index contributed by atoms with van der Waals surface area (Å²) in [6, 6.07) is 10.6. The zero-order valence-electron chi connectivity index (χ0n) is 14.2. The molecular formula is C19H14BrFN2O3S. The Bertz CT molecular complexity index is 977. The van der Waals surface area contributed by atoms with Gasteiger partial charge >= 0.3 is 0 Å². The number of ether oxygens (including phenoxy) is 1. The minimum absolute atomic E-state index is 0.0966. The van der Waals surface area contributed by atoms with E-state index in [0.29, 0.717) is 22.4 Å². The number of benzene rings is 2. The van der Waals surface area contributed by atoms with Gasteiger partial charge in [-0.2, -0.15) is 0 Å². The van der Waals surface area contributed by atoms with Crippen molar-refractivity contribution in [3.05, 3.63) is 63.9 Å². The molecule has 3 rings (SSSR count). The van der Waals surface area contributed by atoms with Crippen LogP contribution in [-0.2, 0) is 9.59 Å². The first-order valence-electron chi connectivity index (χ1n) is 8.00. The van der Waals surface area contributed by atoms with Gasteiger partial charge < -0.3 is 4.74 Å². The van der Waals surface area contributed by atoms with Crippen LogP contribution in [0.25, 0.3) is 6.08 Å². The highest BCUT2D eigenvalue weighted by molar-refractivity contribution is 9.10. The molecule has 2 aromatic carbocycles. The third-order valence-electron chi connectivity index (χ3n) is 3.73. The molecule has 5 nitrogen and oxygen atoms in total. The fraction of sp³-hybridized carbons (Fsp3) is 0.105. The minimum Gasteiger partial charge on any atom is -0.493 e. The summed E-state index contributed by atoms with van der Waals surface area (Å²) in [5.41, 5.74) is 0.753. The molecule has 0 unspecified atom stereocenters. The van der Waals surface area contributed by atoms with Crippen molar-refractivity contribution in [2.45, 2.75) is 6.92 Å². The third-order valence-corrected chi connectivity index (χ3v) is 4.64. The molecule has 0 saturated carbocycles. The Hall–Kier alpha value is -2.58. The van der Waals surface area contributed by atoms with Crippen LogP contribution in [0.3, 0.4) is 0 Å². The molecule has 1 N–H and O–H groups in total. The lowest BCUT2D eigenvalue weighted by Gasteiger charge is -2.28. The van der Waals surface area contributed by atoms with Gasteiger partial charge in [0.1, 0.15) is 17.1 Å². The Labute approximate surface area is 168 Å². The van der Waals surface area contributed by atoms with Gasteiger partial charge in [-0.15, -0.1) is 0 Å². The van der Waals surface area contributed by atoms with Gasteiger partial charge in [0.25, 0.3) is 11.8 Å². The molecule has 0 bridgehead atoms. The van der Waals surface area contributed by atoms with Crippen molar-refractivity contribution in [3.8, 4) is 5.75 Å². The number of nitrogens with one attached hydrogen (secondary N) is 1. The van der Waals surface area contributed by atoms with Gasteiger partial charge in [0.05, 0.1) is 16.8 Å². The average Bonchev–Trinajstić information content (AvgIpc) is 2.61. The number of anilines is 1. The number of nitrogens with zero attached hydrogens (tertiary/aromatic N) is 1. The van der Waals surface area contributed by atoms with Crippen LogP contribution in [0.15, 0.2) is 52.5 Å². The van der Waals surface area contributed by atoms with Gasteiger partial charge in [0.15, 0.2) is 5.11 Å². The van der Waals surface area contributed by atoms with Crippen LogP contribution >= 0.6 is 28.1 Å². The van der Waals surface area contributed by atoms with Crippen LogP contribution in [0.4, 0.5) is 10.1 Å². The molecule has 27 heavy (non-hydrogen) atoms. The van der Waals surface area contributed by atoms with Crippen LogP contribution in [0.2, 0.25) is 0 Å². The van der Waals surface area contributed by atoms with Crippen molar-refractivity contribution >= 4 is 56.8 Å². The summed E-state index contributed by atoms with van der Waals surface area (Å²) < 4.78 is 19.7. The molecule has 1 aliphatic heterocycles. The maximum Gasteiger partial charge on any atom is 0.270 e. The highest BCUT2D eigenvalue weighted by Crippen LogP contribution is 2.28. The quantitative estimate of drug-likeness (QED) is 0.438. The topological polar surface area (TPSA) is 58.6 Å².